The first-order chi connectivity index (χ1) is 13.5. The maximum atomic E-state index is 11.8. The van der Waals surface area contributed by atoms with Crippen molar-refractivity contribution in [3.8, 4) is 5.75 Å². The van der Waals surface area contributed by atoms with Crippen LogP contribution in [0.25, 0.3) is 6.08 Å². The first-order valence-corrected chi connectivity index (χ1v) is 8.44. The lowest BCUT2D eigenvalue weighted by molar-refractivity contribution is -0.143. The van der Waals surface area contributed by atoms with E-state index in [0.717, 1.165) is 5.56 Å². The SMILES string of the molecule is COC(=O)c1ccc(/C=C/C(=O)OCC(=O)NCc2cccc(OC)c2)cc1. The van der Waals surface area contributed by atoms with Gasteiger partial charge in [0, 0.05) is 12.6 Å². The van der Waals surface area contributed by atoms with Crippen molar-refractivity contribution in [3.05, 3.63) is 71.3 Å². The largest absolute Gasteiger partial charge is 0.497 e. The van der Waals surface area contributed by atoms with Crippen molar-refractivity contribution >= 4 is 23.9 Å². The third-order valence-electron chi connectivity index (χ3n) is 3.71. The molecule has 0 aliphatic carbocycles. The van der Waals surface area contributed by atoms with Crippen LogP contribution < -0.4 is 10.1 Å². The monoisotopic (exact) mass is 383 g/mol. The van der Waals surface area contributed by atoms with Gasteiger partial charge in [-0.05, 0) is 41.5 Å². The Morgan fingerprint density at radius 3 is 2.46 bits per heavy atom. The molecule has 0 fully saturated rings. The van der Waals surface area contributed by atoms with Crippen molar-refractivity contribution in [1.82, 2.24) is 5.32 Å². The number of carbonyl (C=O) groups is 3. The minimum Gasteiger partial charge on any atom is -0.497 e. The van der Waals surface area contributed by atoms with Crippen molar-refractivity contribution in [1.29, 1.82) is 0 Å². The van der Waals surface area contributed by atoms with E-state index in [1.165, 1.54) is 19.3 Å². The fraction of sp³-hybridized carbons (Fsp3) is 0.190. The quantitative estimate of drug-likeness (QED) is 0.556. The number of carbonyl (C=O) groups excluding carboxylic acids is 3. The summed E-state index contributed by atoms with van der Waals surface area (Å²) in [4.78, 5) is 34.9. The average molecular weight is 383 g/mol. The van der Waals surface area contributed by atoms with Crippen molar-refractivity contribution in [3.63, 3.8) is 0 Å². The zero-order valence-corrected chi connectivity index (χ0v) is 15.6. The summed E-state index contributed by atoms with van der Waals surface area (Å²) >= 11 is 0. The van der Waals surface area contributed by atoms with Gasteiger partial charge in [0.15, 0.2) is 6.61 Å². The van der Waals surface area contributed by atoms with Crippen molar-refractivity contribution < 1.29 is 28.6 Å². The van der Waals surface area contributed by atoms with Gasteiger partial charge in [0.2, 0.25) is 0 Å². The van der Waals surface area contributed by atoms with E-state index in [4.69, 9.17) is 9.47 Å². The van der Waals surface area contributed by atoms with E-state index >= 15 is 0 Å². The molecule has 0 aliphatic heterocycles. The smallest absolute Gasteiger partial charge is 0.337 e. The molecule has 0 saturated carbocycles. The minimum atomic E-state index is -0.645. The molecule has 1 N–H and O–H groups in total. The molecule has 0 aromatic heterocycles. The van der Waals surface area contributed by atoms with Crippen LogP contribution in [0.2, 0.25) is 0 Å². The molecule has 0 saturated heterocycles. The van der Waals surface area contributed by atoms with Crippen LogP contribution in [-0.2, 0) is 25.6 Å². The Morgan fingerprint density at radius 2 is 1.79 bits per heavy atom. The van der Waals surface area contributed by atoms with Gasteiger partial charge in [-0.1, -0.05) is 24.3 Å². The van der Waals surface area contributed by atoms with Crippen molar-refractivity contribution in [2.45, 2.75) is 6.54 Å². The molecular weight excluding hydrogens is 362 g/mol. The summed E-state index contributed by atoms with van der Waals surface area (Å²) in [6, 6.07) is 13.8. The number of esters is 2. The number of rotatable bonds is 8. The lowest BCUT2D eigenvalue weighted by Crippen LogP contribution is -2.28. The predicted molar refractivity (Wildman–Crippen MR) is 103 cm³/mol. The Kier molecular flexibility index (Phi) is 7.77. The second kappa shape index (κ2) is 10.5. The minimum absolute atomic E-state index is 0.302. The van der Waals surface area contributed by atoms with Crippen molar-refractivity contribution in [2.24, 2.45) is 0 Å². The normalized spacial score (nSPS) is 10.4. The Bertz CT molecular complexity index is 857. The number of amides is 1. The number of hydrogen-bond donors (Lipinski definition) is 1. The summed E-state index contributed by atoms with van der Waals surface area (Å²) in [6.07, 6.45) is 2.74. The molecule has 2 aromatic carbocycles. The Hall–Kier alpha value is -3.61. The maximum Gasteiger partial charge on any atom is 0.337 e. The fourth-order valence-electron chi connectivity index (χ4n) is 2.23. The van der Waals surface area contributed by atoms with E-state index in [9.17, 15) is 14.4 Å². The summed E-state index contributed by atoms with van der Waals surface area (Å²) in [5.41, 5.74) is 1.98. The van der Waals surface area contributed by atoms with E-state index < -0.39 is 17.8 Å². The Balaban J connectivity index is 1.75. The van der Waals surface area contributed by atoms with E-state index in [0.29, 0.717) is 23.4 Å². The van der Waals surface area contributed by atoms with Crippen LogP contribution >= 0.6 is 0 Å². The van der Waals surface area contributed by atoms with Gasteiger partial charge in [-0.15, -0.1) is 0 Å². The molecule has 0 spiro atoms. The Morgan fingerprint density at radius 1 is 1.04 bits per heavy atom. The molecule has 28 heavy (non-hydrogen) atoms. The van der Waals surface area contributed by atoms with Gasteiger partial charge in [-0.3, -0.25) is 4.79 Å². The van der Waals surface area contributed by atoms with Crippen molar-refractivity contribution in [2.75, 3.05) is 20.8 Å². The molecule has 0 atom stereocenters. The molecule has 0 heterocycles. The summed E-state index contributed by atoms with van der Waals surface area (Å²) in [5, 5.41) is 2.66. The summed E-state index contributed by atoms with van der Waals surface area (Å²) in [5.74, 6) is -0.793. The van der Waals surface area contributed by atoms with Crippen LogP contribution in [0.15, 0.2) is 54.6 Å². The highest BCUT2D eigenvalue weighted by atomic mass is 16.5. The van der Waals surface area contributed by atoms with Crippen LogP contribution in [-0.4, -0.2) is 38.7 Å². The first kappa shape index (κ1) is 20.7. The molecule has 0 aliphatic rings. The van der Waals surface area contributed by atoms with Crippen LogP contribution in [0.5, 0.6) is 5.75 Å². The average Bonchev–Trinajstić information content (AvgIpc) is 2.74. The lowest BCUT2D eigenvalue weighted by atomic mass is 10.1. The number of nitrogens with one attached hydrogen (secondary N) is 1. The van der Waals surface area contributed by atoms with Gasteiger partial charge in [0.05, 0.1) is 19.8 Å². The van der Waals surface area contributed by atoms with Crippen LogP contribution in [0.1, 0.15) is 21.5 Å². The fourth-order valence-corrected chi connectivity index (χ4v) is 2.23. The van der Waals surface area contributed by atoms with Gasteiger partial charge in [-0.2, -0.15) is 0 Å². The van der Waals surface area contributed by atoms with Crippen LogP contribution in [0, 0.1) is 0 Å². The number of methoxy groups -OCH3 is 2. The maximum absolute atomic E-state index is 11.8. The van der Waals surface area contributed by atoms with Gasteiger partial charge < -0.3 is 19.5 Å². The summed E-state index contributed by atoms with van der Waals surface area (Å²) < 4.78 is 14.6. The highest BCUT2D eigenvalue weighted by Crippen LogP contribution is 2.12. The number of benzene rings is 2. The van der Waals surface area contributed by atoms with Gasteiger partial charge in [0.1, 0.15) is 5.75 Å². The second-order valence-corrected chi connectivity index (χ2v) is 5.68. The Labute approximate surface area is 162 Å². The molecular formula is C21H21NO6. The highest BCUT2D eigenvalue weighted by molar-refractivity contribution is 5.91. The van der Waals surface area contributed by atoms with Gasteiger partial charge >= 0.3 is 11.9 Å². The molecule has 1 amide bonds. The second-order valence-electron chi connectivity index (χ2n) is 5.68. The first-order valence-electron chi connectivity index (χ1n) is 8.44. The zero-order valence-electron chi connectivity index (χ0n) is 15.6. The number of ether oxygens (including phenoxy) is 3. The summed E-state index contributed by atoms with van der Waals surface area (Å²) in [7, 11) is 2.87. The molecule has 0 radical (unpaired) electrons. The number of hydrogen-bond acceptors (Lipinski definition) is 6. The molecule has 0 bridgehead atoms. The lowest BCUT2D eigenvalue weighted by Gasteiger charge is -2.07. The van der Waals surface area contributed by atoms with Crippen LogP contribution in [0.3, 0.4) is 0 Å². The third kappa shape index (κ3) is 6.60. The van der Waals surface area contributed by atoms with E-state index in [1.807, 2.05) is 18.2 Å². The highest BCUT2D eigenvalue weighted by Gasteiger charge is 2.06. The van der Waals surface area contributed by atoms with Gasteiger partial charge in [0.25, 0.3) is 5.91 Å². The van der Waals surface area contributed by atoms with E-state index in [-0.39, 0.29) is 6.61 Å². The summed E-state index contributed by atoms with van der Waals surface area (Å²) in [6.45, 7) is -0.0790. The predicted octanol–water partition coefficient (Wildman–Crippen LogP) is 2.35. The van der Waals surface area contributed by atoms with E-state index in [1.54, 1.807) is 37.4 Å². The topological polar surface area (TPSA) is 90.9 Å². The molecule has 7 heteroatoms. The molecule has 2 aromatic rings. The molecule has 7 nitrogen and oxygen atoms in total. The molecule has 146 valence electrons. The van der Waals surface area contributed by atoms with E-state index in [2.05, 4.69) is 10.1 Å². The molecule has 2 rings (SSSR count). The van der Waals surface area contributed by atoms with Crippen LogP contribution in [0.4, 0.5) is 0 Å². The molecule has 0 unspecified atom stereocenters. The van der Waals surface area contributed by atoms with Gasteiger partial charge in [-0.25, -0.2) is 9.59 Å². The zero-order chi connectivity index (χ0) is 20.4. The third-order valence-corrected chi connectivity index (χ3v) is 3.71. The standard InChI is InChI=1S/C21H21NO6/c1-26-18-5-3-4-16(12-18)13-22-19(23)14-28-20(24)11-8-15-6-9-17(10-7-15)21(25)27-2/h3-12H,13-14H2,1-2H3,(H,22,23)/b11-8+.